The van der Waals surface area contributed by atoms with Crippen LogP contribution in [0.1, 0.15) is 0 Å². The van der Waals surface area contributed by atoms with Gasteiger partial charge in [0.25, 0.3) is 0 Å². The van der Waals surface area contributed by atoms with E-state index < -0.39 is 0 Å². The highest BCUT2D eigenvalue weighted by molar-refractivity contribution is 7.82. The molecule has 0 fully saturated rings. The van der Waals surface area contributed by atoms with Crippen molar-refractivity contribution in [1.82, 2.24) is 9.97 Å². The summed E-state index contributed by atoms with van der Waals surface area (Å²) < 4.78 is 1.05. The van der Waals surface area contributed by atoms with Crippen LogP contribution in [0.3, 0.4) is 0 Å². The zero-order valence-corrected chi connectivity index (χ0v) is 5.90. The van der Waals surface area contributed by atoms with Crippen LogP contribution in [0, 0.1) is 0 Å². The minimum absolute atomic E-state index is 0.417. The Hall–Kier alpha value is -1.10. The molecule has 1 heterocycles. The molecule has 0 aliphatic rings. The molecule has 52 valence electrons. The number of rotatable bonds is 2. The molecule has 1 rings (SSSR count). The third-order valence-corrected chi connectivity index (χ3v) is 1.18. The number of thiol groups is 1. The lowest BCUT2D eigenvalue weighted by Gasteiger charge is -2.04. The quantitative estimate of drug-likeness (QED) is 0.493. The Morgan fingerprint density at radius 2 is 2.40 bits per heavy atom. The maximum Gasteiger partial charge on any atom is 0.225 e. The van der Waals surface area contributed by atoms with Crippen molar-refractivity contribution < 1.29 is 4.79 Å². The van der Waals surface area contributed by atoms with Gasteiger partial charge in [0.2, 0.25) is 6.41 Å². The summed E-state index contributed by atoms with van der Waals surface area (Å²) in [5.74, 6) is 0.417. The molecule has 10 heavy (non-hydrogen) atoms. The van der Waals surface area contributed by atoms with Crippen molar-refractivity contribution in [2.24, 2.45) is 0 Å². The largest absolute Gasteiger partial charge is 0.277 e. The van der Waals surface area contributed by atoms with Gasteiger partial charge in [0.1, 0.15) is 0 Å². The topological polar surface area (TPSA) is 46.1 Å². The molecule has 1 amide bonds. The summed E-state index contributed by atoms with van der Waals surface area (Å²) in [5, 5.41) is 0. The molecule has 0 radical (unpaired) electrons. The molecule has 5 heteroatoms. The summed E-state index contributed by atoms with van der Waals surface area (Å²) in [6, 6.07) is 0. The van der Waals surface area contributed by atoms with E-state index in [1.165, 1.54) is 18.6 Å². The molecule has 0 saturated heterocycles. The first-order chi connectivity index (χ1) is 4.84. The van der Waals surface area contributed by atoms with Crippen molar-refractivity contribution in [2.45, 2.75) is 0 Å². The van der Waals surface area contributed by atoms with Gasteiger partial charge in [0.05, 0.1) is 6.20 Å². The van der Waals surface area contributed by atoms with Gasteiger partial charge in [-0.3, -0.25) is 9.78 Å². The zero-order valence-electron chi connectivity index (χ0n) is 5.01. The number of anilines is 1. The monoisotopic (exact) mass is 155 g/mol. The number of aromatic nitrogens is 2. The number of hydrogen-bond acceptors (Lipinski definition) is 4. The van der Waals surface area contributed by atoms with E-state index in [2.05, 4.69) is 22.8 Å². The molecule has 0 N–H and O–H groups in total. The van der Waals surface area contributed by atoms with E-state index in [-0.39, 0.29) is 0 Å². The molecule has 0 aliphatic heterocycles. The second kappa shape index (κ2) is 3.17. The predicted octanol–water partition coefficient (Wildman–Crippen LogP) is 0.284. The number of hydrogen-bond donors (Lipinski definition) is 1. The van der Waals surface area contributed by atoms with E-state index in [1.54, 1.807) is 0 Å². The maximum absolute atomic E-state index is 10.1. The highest BCUT2D eigenvalue weighted by Gasteiger charge is 1.97. The molecule has 4 nitrogen and oxygen atoms in total. The molecule has 0 saturated carbocycles. The third kappa shape index (κ3) is 1.44. The number of nitrogens with zero attached hydrogens (tertiary/aromatic N) is 3. The van der Waals surface area contributed by atoms with Crippen molar-refractivity contribution in [3.63, 3.8) is 0 Å². The summed E-state index contributed by atoms with van der Waals surface area (Å²) in [4.78, 5) is 17.6. The Kier molecular flexibility index (Phi) is 2.22. The molecule has 0 unspecified atom stereocenters. The van der Waals surface area contributed by atoms with Crippen LogP contribution in [0.25, 0.3) is 0 Å². The number of amides is 1. The lowest BCUT2D eigenvalue weighted by molar-refractivity contribution is -0.106. The van der Waals surface area contributed by atoms with Crippen LogP contribution in [0.2, 0.25) is 0 Å². The second-order valence-corrected chi connectivity index (χ2v) is 1.94. The molecule has 0 spiro atoms. The minimum atomic E-state index is 0.417. The molecule has 1 aromatic rings. The average molecular weight is 155 g/mol. The van der Waals surface area contributed by atoms with E-state index >= 15 is 0 Å². The van der Waals surface area contributed by atoms with Gasteiger partial charge in [-0.15, -0.1) is 0 Å². The van der Waals surface area contributed by atoms with Gasteiger partial charge >= 0.3 is 0 Å². The standard InChI is InChI=1S/C5H5N3OS/c9-4-8(10)5-3-6-1-2-7-5/h1-4,10H. The normalized spacial score (nSPS) is 8.90. The van der Waals surface area contributed by atoms with Crippen molar-refractivity contribution in [3.8, 4) is 0 Å². The highest BCUT2D eigenvalue weighted by Crippen LogP contribution is 2.05. The van der Waals surface area contributed by atoms with Crippen LogP contribution in [-0.4, -0.2) is 16.4 Å². The molecule has 0 atom stereocenters. The van der Waals surface area contributed by atoms with Gasteiger partial charge in [-0.05, 0) is 0 Å². The Bertz CT molecular complexity index is 215. The summed E-state index contributed by atoms with van der Waals surface area (Å²) in [6.45, 7) is 0. The lowest BCUT2D eigenvalue weighted by Crippen LogP contribution is -2.07. The fourth-order valence-corrected chi connectivity index (χ4v) is 0.567. The van der Waals surface area contributed by atoms with Crippen LogP contribution < -0.4 is 4.31 Å². The van der Waals surface area contributed by atoms with Crippen LogP contribution in [0.15, 0.2) is 18.6 Å². The fraction of sp³-hybridized carbons (Fsp3) is 0. The summed E-state index contributed by atoms with van der Waals surface area (Å²) in [5.41, 5.74) is 0. The summed E-state index contributed by atoms with van der Waals surface area (Å²) in [7, 11) is 0. The third-order valence-electron chi connectivity index (χ3n) is 0.884. The molecule has 0 bridgehead atoms. The van der Waals surface area contributed by atoms with Crippen molar-refractivity contribution in [2.75, 3.05) is 4.31 Å². The highest BCUT2D eigenvalue weighted by atomic mass is 32.1. The van der Waals surface area contributed by atoms with E-state index in [1.807, 2.05) is 0 Å². The van der Waals surface area contributed by atoms with Gasteiger partial charge in [0, 0.05) is 12.4 Å². The van der Waals surface area contributed by atoms with Gasteiger partial charge in [-0.25, -0.2) is 9.29 Å². The van der Waals surface area contributed by atoms with Crippen molar-refractivity contribution >= 4 is 25.0 Å². The smallest absolute Gasteiger partial charge is 0.225 e. The van der Waals surface area contributed by atoms with Crippen molar-refractivity contribution in [1.29, 1.82) is 0 Å². The van der Waals surface area contributed by atoms with Gasteiger partial charge in [-0.1, -0.05) is 12.8 Å². The molecule has 0 aliphatic carbocycles. The SMILES string of the molecule is O=CN(S)c1cnccn1. The first kappa shape index (κ1) is 7.01. The van der Waals surface area contributed by atoms with E-state index in [0.29, 0.717) is 12.2 Å². The van der Waals surface area contributed by atoms with Gasteiger partial charge in [-0.2, -0.15) is 0 Å². The minimum Gasteiger partial charge on any atom is -0.277 e. The fourth-order valence-electron chi connectivity index (χ4n) is 0.464. The first-order valence-corrected chi connectivity index (χ1v) is 2.94. The van der Waals surface area contributed by atoms with E-state index in [4.69, 9.17) is 0 Å². The molecule has 0 aromatic carbocycles. The number of carbonyl (C=O) groups is 1. The van der Waals surface area contributed by atoms with Crippen LogP contribution >= 0.6 is 12.8 Å². The lowest BCUT2D eigenvalue weighted by atomic mass is 10.7. The van der Waals surface area contributed by atoms with Gasteiger partial charge in [0.15, 0.2) is 5.82 Å². The molecule has 1 aromatic heterocycles. The van der Waals surface area contributed by atoms with Crippen LogP contribution in [0.4, 0.5) is 5.82 Å². The van der Waals surface area contributed by atoms with E-state index in [0.717, 1.165) is 4.31 Å². The summed E-state index contributed by atoms with van der Waals surface area (Å²) >= 11 is 3.78. The second-order valence-electron chi connectivity index (χ2n) is 1.51. The molecular formula is C5H5N3OS. The summed E-state index contributed by atoms with van der Waals surface area (Å²) in [6.07, 6.45) is 5.01. The molecular weight excluding hydrogens is 150 g/mol. The maximum atomic E-state index is 10.1. The zero-order chi connectivity index (χ0) is 7.40. The average Bonchev–Trinajstić information content (AvgIpc) is 2.05. The van der Waals surface area contributed by atoms with Crippen molar-refractivity contribution in [3.05, 3.63) is 18.6 Å². The Morgan fingerprint density at radius 1 is 1.60 bits per heavy atom. The number of carbonyl (C=O) groups excluding carboxylic acids is 1. The van der Waals surface area contributed by atoms with Crippen LogP contribution in [-0.2, 0) is 4.79 Å². The Morgan fingerprint density at radius 3 is 2.90 bits per heavy atom. The van der Waals surface area contributed by atoms with Crippen LogP contribution in [0.5, 0.6) is 0 Å². The Balaban J connectivity index is 2.84. The van der Waals surface area contributed by atoms with E-state index in [9.17, 15) is 4.79 Å². The van der Waals surface area contributed by atoms with Gasteiger partial charge < -0.3 is 0 Å². The predicted molar refractivity (Wildman–Crippen MR) is 39.6 cm³/mol. The Labute approximate surface area is 63.4 Å². The first-order valence-electron chi connectivity index (χ1n) is 2.54.